The maximum absolute atomic E-state index is 11.8. The molecular formula is C11H17N3O7. The molecule has 0 aromatic carbocycles. The number of aromatic amines is 2. The first kappa shape index (κ1) is 16.9. The van der Waals surface area contributed by atoms with Crippen molar-refractivity contribution in [1.82, 2.24) is 14.5 Å². The van der Waals surface area contributed by atoms with Crippen LogP contribution in [0.25, 0.3) is 0 Å². The average Bonchev–Trinajstić information content (AvgIpc) is 2.35. The van der Waals surface area contributed by atoms with E-state index in [0.29, 0.717) is 4.57 Å². The van der Waals surface area contributed by atoms with E-state index in [1.807, 2.05) is 9.97 Å². The fourth-order valence-corrected chi connectivity index (χ4v) is 1.96. The number of carbonyl (C=O) groups is 1. The third-order valence-corrected chi connectivity index (χ3v) is 2.82. The fraction of sp³-hybridized carbons (Fsp3) is 0.636. The number of carbonyl (C=O) groups excluding carboxylic acids is 1. The molecule has 0 aliphatic carbocycles. The van der Waals surface area contributed by atoms with Crippen LogP contribution in [0.3, 0.4) is 0 Å². The Kier molecular flexibility index (Phi) is 6.06. The van der Waals surface area contributed by atoms with Crippen LogP contribution < -0.4 is 17.1 Å². The van der Waals surface area contributed by atoms with Gasteiger partial charge in [0.15, 0.2) is 6.23 Å². The van der Waals surface area contributed by atoms with Crippen molar-refractivity contribution >= 4 is 5.97 Å². The summed E-state index contributed by atoms with van der Waals surface area (Å²) in [5, 5.41) is 18.0. The van der Waals surface area contributed by atoms with Crippen LogP contribution in [0, 0.1) is 5.92 Å². The number of rotatable bonds is 7. The van der Waals surface area contributed by atoms with Gasteiger partial charge < -0.3 is 14.9 Å². The van der Waals surface area contributed by atoms with E-state index in [1.165, 1.54) is 0 Å². The summed E-state index contributed by atoms with van der Waals surface area (Å²) in [5.41, 5.74) is -3.07. The minimum atomic E-state index is -1.34. The number of aliphatic hydroxyl groups excluding tert-OH is 2. The highest BCUT2D eigenvalue weighted by atomic mass is 16.6. The van der Waals surface area contributed by atoms with E-state index >= 15 is 0 Å². The summed E-state index contributed by atoms with van der Waals surface area (Å²) < 4.78 is 5.51. The molecule has 118 valence electrons. The highest BCUT2D eigenvalue weighted by Crippen LogP contribution is 2.23. The van der Waals surface area contributed by atoms with Gasteiger partial charge in [-0.05, 0) is 12.8 Å². The Morgan fingerprint density at radius 2 is 1.62 bits per heavy atom. The molecule has 1 aromatic heterocycles. The van der Waals surface area contributed by atoms with Crippen molar-refractivity contribution in [2.45, 2.75) is 26.0 Å². The number of aliphatic hydroxyl groups is 2. The second-order valence-electron chi connectivity index (χ2n) is 4.34. The summed E-state index contributed by atoms with van der Waals surface area (Å²) in [6, 6.07) is 0. The second-order valence-corrected chi connectivity index (χ2v) is 4.34. The number of hydrogen-bond acceptors (Lipinski definition) is 7. The number of nitrogens with zero attached hydrogens (tertiary/aromatic N) is 1. The lowest BCUT2D eigenvalue weighted by Gasteiger charge is -2.26. The van der Waals surface area contributed by atoms with Gasteiger partial charge in [0.25, 0.3) is 0 Å². The summed E-state index contributed by atoms with van der Waals surface area (Å²) in [6.45, 7) is 0.504. The molecule has 1 unspecified atom stereocenters. The van der Waals surface area contributed by atoms with Crippen molar-refractivity contribution < 1.29 is 19.7 Å². The number of ether oxygens (including phenoxy) is 1. The van der Waals surface area contributed by atoms with Crippen molar-refractivity contribution in [3.63, 3.8) is 0 Å². The third kappa shape index (κ3) is 4.39. The first-order valence-corrected chi connectivity index (χ1v) is 6.24. The molecule has 0 radical (unpaired) electrons. The first-order valence-electron chi connectivity index (χ1n) is 6.24. The van der Waals surface area contributed by atoms with Crippen LogP contribution in [0.5, 0.6) is 0 Å². The van der Waals surface area contributed by atoms with Crippen LogP contribution >= 0.6 is 0 Å². The molecule has 0 aliphatic heterocycles. The van der Waals surface area contributed by atoms with Gasteiger partial charge in [0.2, 0.25) is 0 Å². The van der Waals surface area contributed by atoms with E-state index in [4.69, 9.17) is 14.9 Å². The summed E-state index contributed by atoms with van der Waals surface area (Å²) in [7, 11) is 0. The van der Waals surface area contributed by atoms with Gasteiger partial charge in [-0.3, -0.25) is 14.8 Å². The van der Waals surface area contributed by atoms with Crippen molar-refractivity contribution in [2.75, 3.05) is 13.2 Å². The largest absolute Gasteiger partial charge is 0.441 e. The summed E-state index contributed by atoms with van der Waals surface area (Å²) >= 11 is 0. The summed E-state index contributed by atoms with van der Waals surface area (Å²) in [5.74, 6) is -1.42. The van der Waals surface area contributed by atoms with E-state index in [0.717, 1.165) is 6.92 Å². The lowest BCUT2D eigenvalue weighted by atomic mass is 10.00. The molecular weight excluding hydrogens is 286 g/mol. The smallest absolute Gasteiger partial charge is 0.336 e. The Morgan fingerprint density at radius 3 is 2.00 bits per heavy atom. The molecule has 1 atom stereocenters. The Labute approximate surface area is 118 Å². The molecule has 0 saturated heterocycles. The van der Waals surface area contributed by atoms with Gasteiger partial charge in [-0.25, -0.2) is 19.0 Å². The predicted molar refractivity (Wildman–Crippen MR) is 69.6 cm³/mol. The molecule has 1 heterocycles. The van der Waals surface area contributed by atoms with Gasteiger partial charge in [-0.15, -0.1) is 0 Å². The van der Waals surface area contributed by atoms with E-state index in [-0.39, 0.29) is 26.1 Å². The Morgan fingerprint density at radius 1 is 1.14 bits per heavy atom. The zero-order chi connectivity index (χ0) is 16.0. The van der Waals surface area contributed by atoms with Gasteiger partial charge in [-0.1, -0.05) is 0 Å². The quantitative estimate of drug-likeness (QED) is 0.412. The Balaban J connectivity index is 3.37. The molecule has 0 aliphatic rings. The van der Waals surface area contributed by atoms with Crippen molar-refractivity contribution in [2.24, 2.45) is 5.92 Å². The minimum absolute atomic E-state index is 0.0868. The number of hydrogen-bond donors (Lipinski definition) is 4. The molecule has 21 heavy (non-hydrogen) atoms. The lowest BCUT2D eigenvalue weighted by molar-refractivity contribution is -0.157. The number of esters is 1. The molecule has 0 amide bonds. The highest BCUT2D eigenvalue weighted by Gasteiger charge is 2.28. The molecule has 0 bridgehead atoms. The van der Waals surface area contributed by atoms with Crippen LogP contribution in [0.1, 0.15) is 26.0 Å². The SMILES string of the molecule is CC(=O)OC(C(CCO)CCO)n1c(=O)[nH]c(=O)[nH]c1=O. The van der Waals surface area contributed by atoms with E-state index in [2.05, 4.69) is 0 Å². The van der Waals surface area contributed by atoms with Crippen LogP contribution in [-0.2, 0) is 9.53 Å². The van der Waals surface area contributed by atoms with E-state index < -0.39 is 35.2 Å². The van der Waals surface area contributed by atoms with Crippen LogP contribution in [0.2, 0.25) is 0 Å². The highest BCUT2D eigenvalue weighted by molar-refractivity contribution is 5.66. The van der Waals surface area contributed by atoms with Crippen LogP contribution in [0.15, 0.2) is 14.4 Å². The van der Waals surface area contributed by atoms with Gasteiger partial charge in [0.05, 0.1) is 0 Å². The average molecular weight is 303 g/mol. The lowest BCUT2D eigenvalue weighted by Crippen LogP contribution is -2.48. The summed E-state index contributed by atoms with van der Waals surface area (Å²) in [4.78, 5) is 49.4. The van der Waals surface area contributed by atoms with E-state index in [1.54, 1.807) is 0 Å². The van der Waals surface area contributed by atoms with Gasteiger partial charge in [0.1, 0.15) is 0 Å². The molecule has 10 heteroatoms. The third-order valence-electron chi connectivity index (χ3n) is 2.82. The van der Waals surface area contributed by atoms with Gasteiger partial charge >= 0.3 is 23.0 Å². The van der Waals surface area contributed by atoms with Crippen molar-refractivity contribution in [1.29, 1.82) is 0 Å². The van der Waals surface area contributed by atoms with Crippen molar-refractivity contribution in [3.05, 3.63) is 31.5 Å². The second kappa shape index (κ2) is 7.55. The van der Waals surface area contributed by atoms with Gasteiger partial charge in [-0.2, -0.15) is 0 Å². The molecule has 4 N–H and O–H groups in total. The van der Waals surface area contributed by atoms with E-state index in [9.17, 15) is 19.2 Å². The molecule has 0 fully saturated rings. The van der Waals surface area contributed by atoms with Gasteiger partial charge in [0, 0.05) is 26.1 Å². The maximum Gasteiger partial charge on any atom is 0.336 e. The van der Waals surface area contributed by atoms with Crippen LogP contribution in [0.4, 0.5) is 0 Å². The standard InChI is InChI=1S/C11H17N3O7/c1-6(17)21-8(7(2-4-15)3-5-16)14-10(19)12-9(18)13-11(14)20/h7-8,15-16H,2-5H2,1H3,(H2,12,13,18,19,20). The Bertz CT molecular complexity index is 604. The molecule has 10 nitrogen and oxygen atoms in total. The predicted octanol–water partition coefficient (Wildman–Crippen LogP) is -2.33. The normalized spacial score (nSPS) is 12.4. The zero-order valence-electron chi connectivity index (χ0n) is 11.4. The molecule has 1 rings (SSSR count). The number of aromatic nitrogens is 3. The molecule has 0 spiro atoms. The first-order chi connectivity index (χ1) is 9.90. The number of H-pyrrole nitrogens is 2. The zero-order valence-corrected chi connectivity index (χ0v) is 11.4. The van der Waals surface area contributed by atoms with Crippen molar-refractivity contribution in [3.8, 4) is 0 Å². The number of nitrogens with one attached hydrogen (secondary N) is 2. The molecule has 1 aromatic rings. The Hall–Kier alpha value is -2.20. The minimum Gasteiger partial charge on any atom is -0.441 e. The monoisotopic (exact) mass is 303 g/mol. The summed E-state index contributed by atoms with van der Waals surface area (Å²) in [6.07, 6.45) is -1.16. The topological polar surface area (TPSA) is 154 Å². The van der Waals surface area contributed by atoms with Crippen LogP contribution in [-0.4, -0.2) is 43.9 Å². The maximum atomic E-state index is 11.8. The fourth-order valence-electron chi connectivity index (χ4n) is 1.96. The molecule has 0 saturated carbocycles.